The van der Waals surface area contributed by atoms with Crippen LogP contribution in [0.3, 0.4) is 0 Å². The lowest BCUT2D eigenvalue weighted by Gasteiger charge is -2.16. The van der Waals surface area contributed by atoms with E-state index in [0.29, 0.717) is 29.7 Å². The zero-order chi connectivity index (χ0) is 19.5. The van der Waals surface area contributed by atoms with E-state index in [0.717, 1.165) is 11.3 Å². The van der Waals surface area contributed by atoms with Crippen LogP contribution in [-0.2, 0) is 6.42 Å². The molecule has 0 N–H and O–H groups in total. The smallest absolute Gasteiger partial charge is 0.259 e. The van der Waals surface area contributed by atoms with Gasteiger partial charge in [0.1, 0.15) is 11.4 Å². The van der Waals surface area contributed by atoms with Gasteiger partial charge in [-0.2, -0.15) is 5.10 Å². The van der Waals surface area contributed by atoms with Gasteiger partial charge in [0, 0.05) is 25.4 Å². The Bertz CT molecular complexity index is 1120. The van der Waals surface area contributed by atoms with Gasteiger partial charge in [-0.05, 0) is 24.1 Å². The number of nitrogens with zero attached hydrogens (tertiary/aromatic N) is 4. The van der Waals surface area contributed by atoms with E-state index >= 15 is 0 Å². The quantitative estimate of drug-likeness (QED) is 0.533. The molecule has 2 aromatic heterocycles. The van der Waals surface area contributed by atoms with Gasteiger partial charge in [-0.25, -0.2) is 13.9 Å². The van der Waals surface area contributed by atoms with Crippen LogP contribution in [0.1, 0.15) is 15.9 Å². The molecule has 0 saturated heterocycles. The first kappa shape index (κ1) is 17.9. The molecule has 1 amide bonds. The van der Waals surface area contributed by atoms with Gasteiger partial charge in [-0.15, -0.1) is 0 Å². The number of halogens is 1. The van der Waals surface area contributed by atoms with Crippen molar-refractivity contribution in [2.75, 3.05) is 13.6 Å². The molecule has 0 unspecified atom stereocenters. The average molecular weight is 374 g/mol. The van der Waals surface area contributed by atoms with Crippen molar-refractivity contribution in [3.63, 3.8) is 0 Å². The van der Waals surface area contributed by atoms with Gasteiger partial charge in [-0.3, -0.25) is 4.79 Å². The number of hydrogen-bond acceptors (Lipinski definition) is 3. The number of aromatic nitrogens is 3. The first-order valence-electron chi connectivity index (χ1n) is 9.02. The lowest BCUT2D eigenvalue weighted by molar-refractivity contribution is 0.0798. The Morgan fingerprint density at radius 2 is 1.82 bits per heavy atom. The standard InChI is InChI=1S/C22H19FN4O/c1-26(14-12-16-7-5-6-10-19(16)23)22(28)18-15-25-27-20(11-13-24-21(18)27)17-8-3-2-4-9-17/h2-11,13,15H,12,14H2,1H3. The first-order valence-corrected chi connectivity index (χ1v) is 9.02. The van der Waals surface area contributed by atoms with E-state index in [4.69, 9.17) is 0 Å². The van der Waals surface area contributed by atoms with Crippen LogP contribution >= 0.6 is 0 Å². The highest BCUT2D eigenvalue weighted by molar-refractivity contribution is 5.99. The Labute approximate surface area is 162 Å². The number of carbonyl (C=O) groups excluding carboxylic acids is 1. The average Bonchev–Trinajstić information content (AvgIpc) is 3.17. The molecule has 0 aliphatic heterocycles. The second-order valence-electron chi connectivity index (χ2n) is 6.56. The Morgan fingerprint density at radius 3 is 2.61 bits per heavy atom. The molecule has 0 aliphatic carbocycles. The maximum Gasteiger partial charge on any atom is 0.259 e. The normalized spacial score (nSPS) is 10.9. The van der Waals surface area contributed by atoms with Crippen LogP contribution in [-0.4, -0.2) is 39.0 Å². The molecule has 0 aliphatic rings. The minimum atomic E-state index is -0.256. The largest absolute Gasteiger partial charge is 0.341 e. The molecule has 0 radical (unpaired) electrons. The van der Waals surface area contributed by atoms with Crippen LogP contribution in [0.2, 0.25) is 0 Å². The molecule has 2 aromatic carbocycles. The summed E-state index contributed by atoms with van der Waals surface area (Å²) < 4.78 is 15.5. The van der Waals surface area contributed by atoms with Crippen molar-refractivity contribution in [3.8, 4) is 11.3 Å². The molecule has 2 heterocycles. The van der Waals surface area contributed by atoms with E-state index in [1.165, 1.54) is 12.3 Å². The van der Waals surface area contributed by atoms with Gasteiger partial charge in [-0.1, -0.05) is 48.5 Å². The predicted molar refractivity (Wildman–Crippen MR) is 105 cm³/mol. The zero-order valence-electron chi connectivity index (χ0n) is 15.4. The molecule has 0 atom stereocenters. The summed E-state index contributed by atoms with van der Waals surface area (Å²) in [6, 6.07) is 18.3. The fourth-order valence-electron chi connectivity index (χ4n) is 3.17. The van der Waals surface area contributed by atoms with Crippen LogP contribution < -0.4 is 0 Å². The van der Waals surface area contributed by atoms with Gasteiger partial charge in [0.15, 0.2) is 5.65 Å². The summed E-state index contributed by atoms with van der Waals surface area (Å²) in [5.74, 6) is -0.447. The van der Waals surface area contributed by atoms with Gasteiger partial charge in [0.2, 0.25) is 0 Å². The Hall–Kier alpha value is -3.54. The number of fused-ring (bicyclic) bond motifs is 1. The van der Waals surface area contributed by atoms with Crippen LogP contribution in [0.15, 0.2) is 73.1 Å². The molecule has 140 valence electrons. The lowest BCUT2D eigenvalue weighted by atomic mass is 10.1. The highest BCUT2D eigenvalue weighted by atomic mass is 19.1. The molecule has 4 aromatic rings. The molecule has 0 bridgehead atoms. The van der Waals surface area contributed by atoms with Gasteiger partial charge in [0.05, 0.1) is 11.9 Å². The van der Waals surface area contributed by atoms with Crippen molar-refractivity contribution < 1.29 is 9.18 Å². The van der Waals surface area contributed by atoms with E-state index in [9.17, 15) is 9.18 Å². The van der Waals surface area contributed by atoms with Crippen molar-refractivity contribution in [2.45, 2.75) is 6.42 Å². The summed E-state index contributed by atoms with van der Waals surface area (Å²) in [6.07, 6.45) is 3.66. The van der Waals surface area contributed by atoms with Crippen molar-refractivity contribution >= 4 is 11.6 Å². The van der Waals surface area contributed by atoms with Crippen molar-refractivity contribution in [1.82, 2.24) is 19.5 Å². The summed E-state index contributed by atoms with van der Waals surface area (Å²) in [7, 11) is 1.70. The van der Waals surface area contributed by atoms with Crippen LogP contribution in [0.25, 0.3) is 16.9 Å². The van der Waals surface area contributed by atoms with Crippen molar-refractivity contribution in [3.05, 3.63) is 90.0 Å². The number of hydrogen-bond donors (Lipinski definition) is 0. The fraction of sp³-hybridized carbons (Fsp3) is 0.136. The minimum absolute atomic E-state index is 0.191. The monoisotopic (exact) mass is 374 g/mol. The third kappa shape index (κ3) is 3.36. The Morgan fingerprint density at radius 1 is 1.07 bits per heavy atom. The highest BCUT2D eigenvalue weighted by Crippen LogP contribution is 2.21. The Balaban J connectivity index is 1.59. The molecule has 4 rings (SSSR count). The number of likely N-dealkylation sites (N-methyl/N-ethyl adjacent to an activating group) is 1. The SMILES string of the molecule is CN(CCc1ccccc1F)C(=O)c1cnn2c(-c3ccccc3)ccnc12. The summed E-state index contributed by atoms with van der Waals surface area (Å²) in [4.78, 5) is 18.8. The second-order valence-corrected chi connectivity index (χ2v) is 6.56. The third-order valence-electron chi connectivity index (χ3n) is 4.72. The maximum atomic E-state index is 13.8. The van der Waals surface area contributed by atoms with Gasteiger partial charge >= 0.3 is 0 Å². The van der Waals surface area contributed by atoms with Crippen LogP contribution in [0.4, 0.5) is 4.39 Å². The maximum absolute atomic E-state index is 13.8. The van der Waals surface area contributed by atoms with Crippen molar-refractivity contribution in [2.24, 2.45) is 0 Å². The molecule has 0 saturated carbocycles. The molecule has 5 nitrogen and oxygen atoms in total. The zero-order valence-corrected chi connectivity index (χ0v) is 15.4. The highest BCUT2D eigenvalue weighted by Gasteiger charge is 2.19. The van der Waals surface area contributed by atoms with E-state index < -0.39 is 0 Å². The number of rotatable bonds is 5. The van der Waals surface area contributed by atoms with Crippen LogP contribution in [0, 0.1) is 5.82 Å². The summed E-state index contributed by atoms with van der Waals surface area (Å²) in [5, 5.41) is 4.38. The molecule has 0 spiro atoms. The first-order chi connectivity index (χ1) is 13.6. The van der Waals surface area contributed by atoms with Gasteiger partial charge in [0.25, 0.3) is 5.91 Å². The number of amides is 1. The topological polar surface area (TPSA) is 50.5 Å². The molecule has 0 fully saturated rings. The minimum Gasteiger partial charge on any atom is -0.341 e. The van der Waals surface area contributed by atoms with Crippen molar-refractivity contribution in [1.29, 1.82) is 0 Å². The van der Waals surface area contributed by atoms with E-state index in [2.05, 4.69) is 10.1 Å². The van der Waals surface area contributed by atoms with Gasteiger partial charge < -0.3 is 4.90 Å². The lowest BCUT2D eigenvalue weighted by Crippen LogP contribution is -2.29. The van der Waals surface area contributed by atoms with E-state index in [1.54, 1.807) is 40.9 Å². The van der Waals surface area contributed by atoms with E-state index in [-0.39, 0.29) is 11.7 Å². The molecular formula is C22H19FN4O. The van der Waals surface area contributed by atoms with Crippen LogP contribution in [0.5, 0.6) is 0 Å². The molecular weight excluding hydrogens is 355 g/mol. The summed E-state index contributed by atoms with van der Waals surface area (Å²) in [6.45, 7) is 0.398. The molecule has 28 heavy (non-hydrogen) atoms. The summed E-state index contributed by atoms with van der Waals surface area (Å²) in [5.41, 5.74) is 3.37. The Kier molecular flexibility index (Phi) is 4.85. The second kappa shape index (κ2) is 7.60. The fourth-order valence-corrected chi connectivity index (χ4v) is 3.17. The molecule has 6 heteroatoms. The predicted octanol–water partition coefficient (Wildman–Crippen LogP) is 3.85. The third-order valence-corrected chi connectivity index (χ3v) is 4.72. The van der Waals surface area contributed by atoms with E-state index in [1.807, 2.05) is 36.4 Å². The number of benzene rings is 2. The summed E-state index contributed by atoms with van der Waals surface area (Å²) >= 11 is 0. The number of carbonyl (C=O) groups is 1.